The second-order valence-corrected chi connectivity index (χ2v) is 7.17. The van der Waals surface area contributed by atoms with E-state index < -0.39 is 0 Å². The molecule has 141 valence electrons. The number of piperidine rings is 1. The van der Waals surface area contributed by atoms with Crippen molar-refractivity contribution in [1.82, 2.24) is 20.5 Å². The zero-order valence-corrected chi connectivity index (χ0v) is 15.5. The summed E-state index contributed by atoms with van der Waals surface area (Å²) in [6.45, 7) is 5.82. The zero-order chi connectivity index (χ0) is 18.5. The van der Waals surface area contributed by atoms with Crippen molar-refractivity contribution in [2.24, 2.45) is 0 Å². The minimum absolute atomic E-state index is 0.111. The summed E-state index contributed by atoms with van der Waals surface area (Å²) in [5, 5.41) is 8.80. The van der Waals surface area contributed by atoms with Crippen molar-refractivity contribution >= 4 is 17.6 Å². The van der Waals surface area contributed by atoms with Gasteiger partial charge in [0.15, 0.2) is 0 Å². The number of carbonyl (C=O) groups excluding carboxylic acids is 2. The third kappa shape index (κ3) is 5.42. The molecule has 26 heavy (non-hydrogen) atoms. The highest BCUT2D eigenvalue weighted by Gasteiger charge is 2.32. The first kappa shape index (κ1) is 18.6. The summed E-state index contributed by atoms with van der Waals surface area (Å²) < 4.78 is 0. The number of aryl methyl sites for hydroxylation is 2. The third-order valence-corrected chi connectivity index (χ3v) is 4.70. The molecule has 0 bridgehead atoms. The van der Waals surface area contributed by atoms with Crippen LogP contribution in [0.3, 0.4) is 0 Å². The molecule has 1 saturated heterocycles. The van der Waals surface area contributed by atoms with Crippen LogP contribution in [0.4, 0.5) is 10.5 Å². The Balaban J connectivity index is 1.44. The van der Waals surface area contributed by atoms with Gasteiger partial charge in [-0.25, -0.2) is 4.79 Å². The second-order valence-electron chi connectivity index (χ2n) is 7.17. The van der Waals surface area contributed by atoms with Crippen molar-refractivity contribution in [3.05, 3.63) is 29.9 Å². The smallest absolute Gasteiger partial charge is 0.319 e. The molecule has 1 unspecified atom stereocenters. The Labute approximate surface area is 154 Å². The van der Waals surface area contributed by atoms with Crippen LogP contribution in [-0.2, 0) is 4.79 Å². The first-order valence-electron chi connectivity index (χ1n) is 9.37. The lowest BCUT2D eigenvalue weighted by Crippen LogP contribution is -2.52. The van der Waals surface area contributed by atoms with Crippen LogP contribution >= 0.6 is 0 Å². The summed E-state index contributed by atoms with van der Waals surface area (Å²) in [6.07, 6.45) is 6.13. The van der Waals surface area contributed by atoms with E-state index in [9.17, 15) is 9.59 Å². The molecule has 1 radical (unpaired) electrons. The molecule has 7 heteroatoms. The van der Waals surface area contributed by atoms with Crippen LogP contribution in [0, 0.1) is 20.3 Å². The van der Waals surface area contributed by atoms with E-state index in [0.717, 1.165) is 49.3 Å². The normalized spacial score (nSPS) is 20.5. The quantitative estimate of drug-likeness (QED) is 0.723. The fourth-order valence-electron chi connectivity index (χ4n) is 3.30. The number of pyridine rings is 1. The molecule has 1 aliphatic heterocycles. The minimum atomic E-state index is -0.238. The summed E-state index contributed by atoms with van der Waals surface area (Å²) in [5.41, 5.74) is 2.48. The molecular formula is C19H28N5O2. The summed E-state index contributed by atoms with van der Waals surface area (Å²) in [6, 6.07) is 3.70. The molecule has 1 saturated carbocycles. The fraction of sp³-hybridized carbons (Fsp3) is 0.579. The molecule has 2 heterocycles. The predicted molar refractivity (Wildman–Crippen MR) is 101 cm³/mol. The first-order valence-corrected chi connectivity index (χ1v) is 9.37. The van der Waals surface area contributed by atoms with Crippen molar-refractivity contribution in [1.29, 1.82) is 0 Å². The molecule has 0 aromatic carbocycles. The number of hydrogen-bond donors (Lipinski definition) is 3. The maximum absolute atomic E-state index is 12.4. The van der Waals surface area contributed by atoms with E-state index in [1.54, 1.807) is 0 Å². The van der Waals surface area contributed by atoms with Gasteiger partial charge < -0.3 is 16.0 Å². The molecule has 1 aromatic rings. The molecule has 3 amide bonds. The number of amides is 3. The highest BCUT2D eigenvalue weighted by atomic mass is 16.2. The molecular weight excluding hydrogens is 330 g/mol. The van der Waals surface area contributed by atoms with Crippen LogP contribution in [0.1, 0.15) is 37.1 Å². The van der Waals surface area contributed by atoms with Gasteiger partial charge in [0, 0.05) is 36.2 Å². The average Bonchev–Trinajstić information content (AvgIpc) is 3.38. The van der Waals surface area contributed by atoms with Gasteiger partial charge in [0.05, 0.1) is 6.04 Å². The fourth-order valence-corrected chi connectivity index (χ4v) is 3.30. The van der Waals surface area contributed by atoms with Gasteiger partial charge in [-0.05, 0) is 64.6 Å². The topological polar surface area (TPSA) is 86.4 Å². The summed E-state index contributed by atoms with van der Waals surface area (Å²) in [7, 11) is 0. The summed E-state index contributed by atoms with van der Waals surface area (Å²) in [4.78, 5) is 30.9. The van der Waals surface area contributed by atoms with Gasteiger partial charge in [0.1, 0.15) is 0 Å². The molecule has 7 nitrogen and oxygen atoms in total. The number of urea groups is 1. The summed E-state index contributed by atoms with van der Waals surface area (Å²) in [5.74, 6) is 0.121. The van der Waals surface area contributed by atoms with Gasteiger partial charge in [-0.15, -0.1) is 0 Å². The SMILES string of the molecule is Cc1cc(NC(=O)NCCN2CC[CH]CC2C(=O)NC2CC2)cc(C)n1. The number of hydrogen-bond acceptors (Lipinski definition) is 4. The van der Waals surface area contributed by atoms with Crippen LogP contribution in [0.15, 0.2) is 12.1 Å². The predicted octanol–water partition coefficient (Wildman–Crippen LogP) is 1.77. The van der Waals surface area contributed by atoms with Crippen molar-refractivity contribution in [3.8, 4) is 0 Å². The highest BCUT2D eigenvalue weighted by Crippen LogP contribution is 2.21. The van der Waals surface area contributed by atoms with E-state index >= 15 is 0 Å². The van der Waals surface area contributed by atoms with Crippen molar-refractivity contribution < 1.29 is 9.59 Å². The number of rotatable bonds is 6. The van der Waals surface area contributed by atoms with Crippen LogP contribution < -0.4 is 16.0 Å². The second kappa shape index (κ2) is 8.49. The average molecular weight is 358 g/mol. The lowest BCUT2D eigenvalue weighted by Gasteiger charge is -2.34. The van der Waals surface area contributed by atoms with Crippen LogP contribution in [-0.4, -0.2) is 53.5 Å². The van der Waals surface area contributed by atoms with E-state index in [-0.39, 0.29) is 18.0 Å². The third-order valence-electron chi connectivity index (χ3n) is 4.70. The Morgan fingerprint density at radius 3 is 2.65 bits per heavy atom. The molecule has 3 N–H and O–H groups in total. The Kier molecular flexibility index (Phi) is 6.08. The van der Waals surface area contributed by atoms with Crippen LogP contribution in [0.25, 0.3) is 0 Å². The Morgan fingerprint density at radius 2 is 1.96 bits per heavy atom. The Bertz CT molecular complexity index is 639. The monoisotopic (exact) mass is 358 g/mol. The Hall–Kier alpha value is -2.15. The van der Waals surface area contributed by atoms with Gasteiger partial charge in [0.2, 0.25) is 5.91 Å². The first-order chi connectivity index (χ1) is 12.5. The van der Waals surface area contributed by atoms with E-state index in [1.807, 2.05) is 26.0 Å². The largest absolute Gasteiger partial charge is 0.352 e. The van der Waals surface area contributed by atoms with Crippen LogP contribution in [0.2, 0.25) is 0 Å². The van der Waals surface area contributed by atoms with Crippen molar-refractivity contribution in [3.63, 3.8) is 0 Å². The molecule has 2 fully saturated rings. The molecule has 1 aliphatic carbocycles. The number of aromatic nitrogens is 1. The lowest BCUT2D eigenvalue weighted by atomic mass is 10.0. The van der Waals surface area contributed by atoms with Crippen LogP contribution in [0.5, 0.6) is 0 Å². The van der Waals surface area contributed by atoms with E-state index in [2.05, 4.69) is 32.3 Å². The summed E-state index contributed by atoms with van der Waals surface area (Å²) >= 11 is 0. The molecule has 1 atom stereocenters. The molecule has 3 rings (SSSR count). The standard InChI is InChI=1S/C19H28N5O2/c1-13-11-16(12-14(2)21-13)23-19(26)20-8-10-24-9-4-3-5-17(24)18(25)22-15-6-7-15/h3,11-12,15,17H,4-10H2,1-2H3,(H,22,25)(H2,20,21,23,26). The van der Waals surface area contributed by atoms with Gasteiger partial charge in [-0.2, -0.15) is 0 Å². The highest BCUT2D eigenvalue weighted by molar-refractivity contribution is 5.89. The number of nitrogens with one attached hydrogen (secondary N) is 3. The van der Waals surface area contributed by atoms with Crippen molar-refractivity contribution in [2.75, 3.05) is 25.0 Å². The maximum Gasteiger partial charge on any atom is 0.319 e. The van der Waals surface area contributed by atoms with E-state index in [1.165, 1.54) is 0 Å². The molecule has 1 aromatic heterocycles. The maximum atomic E-state index is 12.4. The Morgan fingerprint density at radius 1 is 1.23 bits per heavy atom. The number of nitrogens with zero attached hydrogens (tertiary/aromatic N) is 2. The van der Waals surface area contributed by atoms with Crippen molar-refractivity contribution in [2.45, 2.75) is 51.6 Å². The zero-order valence-electron chi connectivity index (χ0n) is 15.5. The van der Waals surface area contributed by atoms with E-state index in [4.69, 9.17) is 0 Å². The van der Waals surface area contributed by atoms with Gasteiger partial charge in [-0.3, -0.25) is 14.7 Å². The van der Waals surface area contributed by atoms with E-state index in [0.29, 0.717) is 19.1 Å². The lowest BCUT2D eigenvalue weighted by molar-refractivity contribution is -0.127. The van der Waals surface area contributed by atoms with Gasteiger partial charge >= 0.3 is 6.03 Å². The minimum Gasteiger partial charge on any atom is -0.352 e. The number of carbonyl (C=O) groups is 2. The number of anilines is 1. The molecule has 0 spiro atoms. The van der Waals surface area contributed by atoms with Gasteiger partial charge in [-0.1, -0.05) is 0 Å². The number of likely N-dealkylation sites (tertiary alicyclic amines) is 1. The molecule has 2 aliphatic rings. The van der Waals surface area contributed by atoms with Gasteiger partial charge in [0.25, 0.3) is 0 Å².